The van der Waals surface area contributed by atoms with Gasteiger partial charge in [0.2, 0.25) is 66.4 Å². The van der Waals surface area contributed by atoms with Gasteiger partial charge in [0.25, 0.3) is 0 Å². The number of rotatable bonds is 74. The van der Waals surface area contributed by atoms with Crippen LogP contribution in [0.5, 0.6) is 0 Å². The summed E-state index contributed by atoms with van der Waals surface area (Å²) in [6.45, 7) is 10.9. The van der Waals surface area contributed by atoms with Crippen molar-refractivity contribution in [2.75, 3.05) is 132 Å². The van der Waals surface area contributed by atoms with Gasteiger partial charge in [-0.3, -0.25) is 57.3 Å². The quantitative estimate of drug-likeness (QED) is 0.0293. The van der Waals surface area contributed by atoms with Crippen LogP contribution in [0, 0.1) is 0 Å². The number of hydrogen-bond donors (Lipinski definition) is 19. The highest BCUT2D eigenvalue weighted by Crippen LogP contribution is 2.55. The number of aliphatic hydroxyl groups is 9. The Kier molecular flexibility index (Phi) is 61.6. The van der Waals surface area contributed by atoms with E-state index in [4.69, 9.17) is 47.2 Å². The summed E-state index contributed by atoms with van der Waals surface area (Å²) >= 11 is 0. The van der Waals surface area contributed by atoms with Crippen LogP contribution < -0.4 is 53.2 Å². The van der Waals surface area contributed by atoms with Gasteiger partial charge >= 0.3 is 0 Å². The highest BCUT2D eigenvalue weighted by molar-refractivity contribution is 7.59. The lowest BCUT2D eigenvalue weighted by Crippen LogP contribution is -2.64. The maximum absolute atomic E-state index is 14.1. The van der Waals surface area contributed by atoms with E-state index >= 15 is 0 Å². The van der Waals surface area contributed by atoms with Crippen LogP contribution in [-0.4, -0.2) is 345 Å². The molecule has 42 heteroatoms. The molecule has 3 saturated heterocycles. The molecule has 0 radical (unpaired) electrons. The van der Waals surface area contributed by atoms with Gasteiger partial charge in [-0.25, -0.2) is 0 Å². The van der Waals surface area contributed by atoms with Crippen molar-refractivity contribution in [2.24, 2.45) is 0 Å². The van der Waals surface area contributed by atoms with E-state index < -0.39 is 142 Å². The molecule has 3 heterocycles. The highest BCUT2D eigenvalue weighted by Gasteiger charge is 2.48. The van der Waals surface area contributed by atoms with E-state index in [9.17, 15) is 103 Å². The molecule has 0 aliphatic carbocycles. The summed E-state index contributed by atoms with van der Waals surface area (Å²) in [6.07, 6.45) is 2.32. The molecule has 0 bridgehead atoms. The van der Waals surface area contributed by atoms with E-state index in [0.29, 0.717) is 90.2 Å². The maximum atomic E-state index is 14.1. The molecule has 3 aliphatic rings. The molecule has 0 aromatic rings. The predicted octanol–water partition coefficient (Wildman–Crippen LogP) is 0.635. The number of aliphatic hydroxyl groups excluding tert-OH is 9. The smallest absolute Gasteiger partial charge is 0.222 e. The minimum Gasteiger partial charge on any atom is -0.394 e. The zero-order chi connectivity index (χ0) is 95.4. The zero-order valence-corrected chi connectivity index (χ0v) is 78.3. The number of Topliss-reactive ketones (excluding diaryl/α,β-unsaturated/α-hetero) is 1. The Bertz CT molecular complexity index is 3000. The molecule has 3 aliphatic heterocycles. The highest BCUT2D eigenvalue weighted by atomic mass is 31.2. The van der Waals surface area contributed by atoms with Crippen molar-refractivity contribution < 1.29 is 150 Å². The van der Waals surface area contributed by atoms with Crippen LogP contribution in [0.4, 0.5) is 0 Å². The Morgan fingerprint density at radius 2 is 0.574 bits per heavy atom. The van der Waals surface area contributed by atoms with Crippen LogP contribution in [-0.2, 0) is 104 Å². The zero-order valence-electron chi connectivity index (χ0n) is 77.4. The summed E-state index contributed by atoms with van der Waals surface area (Å²) in [5.41, 5.74) is -1.42. The van der Waals surface area contributed by atoms with E-state index in [1.807, 2.05) is 20.8 Å². The summed E-state index contributed by atoms with van der Waals surface area (Å²) in [5, 5.41) is 119. The molecule has 0 aromatic heterocycles. The molecule has 10 amide bonds. The normalized spacial score (nSPS) is 23.2. The number of ketones is 1. The van der Waals surface area contributed by atoms with Crippen molar-refractivity contribution in [1.82, 2.24) is 53.2 Å². The average molecular weight is 1870 g/mol. The number of unbranched alkanes of at least 4 members (excludes halogenated alkanes) is 16. The fraction of sp³-hybridized carbons (Fsp3) is 0.874. The molecule has 16 atom stereocenters. The average Bonchev–Trinajstić information content (AvgIpc) is 0.839. The van der Waals surface area contributed by atoms with Gasteiger partial charge in [0.15, 0.2) is 18.9 Å². The van der Waals surface area contributed by atoms with Gasteiger partial charge in [-0.1, -0.05) is 85.0 Å². The summed E-state index contributed by atoms with van der Waals surface area (Å²) < 4.78 is 70.8. The number of ether oxygens (including phenoxy) is 9. The fourth-order valence-corrected chi connectivity index (χ4v) is 15.0. The van der Waals surface area contributed by atoms with Crippen molar-refractivity contribution in [3.63, 3.8) is 0 Å². The Hall–Kier alpha value is -6.16. The van der Waals surface area contributed by atoms with Gasteiger partial charge in [-0.15, -0.1) is 0 Å². The lowest BCUT2D eigenvalue weighted by molar-refractivity contribution is -0.270. The lowest BCUT2D eigenvalue weighted by Gasteiger charge is -2.42. The number of nitrogens with one attached hydrogen (secondary N) is 10. The van der Waals surface area contributed by atoms with Crippen LogP contribution in [0.2, 0.25) is 0 Å². The molecule has 0 spiro atoms. The Morgan fingerprint density at radius 1 is 0.318 bits per heavy atom. The van der Waals surface area contributed by atoms with Crippen molar-refractivity contribution in [3.8, 4) is 0 Å². The second-order valence-electron chi connectivity index (χ2n) is 34.6. The molecular formula is C87H159N10O31P. The Labute approximate surface area is 760 Å². The topological polar surface area (TPSA) is 600 Å². The van der Waals surface area contributed by atoms with E-state index in [0.717, 1.165) is 83.5 Å². The van der Waals surface area contributed by atoms with Crippen molar-refractivity contribution >= 4 is 72.2 Å². The van der Waals surface area contributed by atoms with Gasteiger partial charge in [-0.05, 0) is 89.9 Å². The van der Waals surface area contributed by atoms with Gasteiger partial charge in [0.05, 0.1) is 66.1 Å². The van der Waals surface area contributed by atoms with Crippen molar-refractivity contribution in [3.05, 3.63) is 0 Å². The second-order valence-corrected chi connectivity index (χ2v) is 37.9. The molecule has 3 rings (SSSR count). The summed E-state index contributed by atoms with van der Waals surface area (Å²) in [7, 11) is -2.66. The molecule has 748 valence electrons. The van der Waals surface area contributed by atoms with Crippen molar-refractivity contribution in [1.29, 1.82) is 0 Å². The maximum Gasteiger partial charge on any atom is 0.222 e. The standard InChI is InChI=1S/C87H159N10O31P/c1-60(101)94-74-80(115)77(112)64(54-98)126-83(74)122-47-27-21-33-63(104)32-20-25-42-89-70(108)38-51-119-57-87(97-73(111)37-19-15-11-9-8-10-14-18-34-67(105)88-41-24-16-12-13-17-26-50-125-129(7,118)86(4,5)6,58-120-52-39-71(109)92-45-30-43-90-68(106)35-22-28-48-123-84-75(95-61(2)102)81(116)78(113)65(55-99)127-84)59-121-53-40-72(110)93-46-31-44-91-69(107)36-23-29-49-124-85-76(96-62(3)103)82(117)79(114)66(56-100)128-85/h64-66,74-85,98-100,112-117H,8-59H2,1-7H3,(H,88,105)(H,89,108)(H,90,106)(H,91,107)(H,92,109)(H,93,110)(H,94,101)(H,95,102)(H,96,103)(H,97,111)/t64?,65?,66?,74?,75?,76?,77-,78-,79-,80-,81-,82-,83-,84-,85-,87?,129?/m1/s1. The largest absolute Gasteiger partial charge is 0.394 e. The summed E-state index contributed by atoms with van der Waals surface area (Å²) in [5.74, 6) is -3.36. The molecular weight excluding hydrogens is 1710 g/mol. The molecule has 41 nitrogen and oxygen atoms in total. The van der Waals surface area contributed by atoms with E-state index in [1.54, 1.807) is 6.66 Å². The van der Waals surface area contributed by atoms with Crippen LogP contribution in [0.15, 0.2) is 0 Å². The lowest BCUT2D eigenvalue weighted by atomic mass is 9.97. The number of amides is 10. The first-order valence-corrected chi connectivity index (χ1v) is 48.6. The third-order valence-electron chi connectivity index (χ3n) is 22.2. The van der Waals surface area contributed by atoms with Gasteiger partial charge in [-0.2, -0.15) is 0 Å². The molecule has 0 aromatic carbocycles. The molecule has 3 fully saturated rings. The first-order valence-electron chi connectivity index (χ1n) is 46.5. The van der Waals surface area contributed by atoms with E-state index in [2.05, 4.69) is 53.2 Å². The van der Waals surface area contributed by atoms with E-state index in [1.165, 1.54) is 20.8 Å². The fourth-order valence-electron chi connectivity index (χ4n) is 14.2. The predicted molar refractivity (Wildman–Crippen MR) is 472 cm³/mol. The first-order chi connectivity index (χ1) is 61.6. The SMILES string of the molecule is CC(=O)NC1[C@H](OCCCCC(=O)CCCCNC(=O)CCOCC(COCCC(=O)NCCCNC(=O)CCCCO[C@@H]2OC(CO)[C@@H](O)[C@H](O)C2NC(C)=O)(COCCC(=O)NCCCNC(=O)CCCCO[C@@H]2OC(CO)[C@@H](O)[C@H](O)C2NC(C)=O)NC(=O)CCCCCCCCCCC(=O)NCCCCCCCCOP(C)(=O)C(C)(C)C)OC(CO)[C@@H](O)[C@@H]1O. The van der Waals surface area contributed by atoms with E-state index in [-0.39, 0.29) is 196 Å². The van der Waals surface area contributed by atoms with Crippen LogP contribution >= 0.6 is 7.37 Å². The molecule has 7 unspecified atom stereocenters. The molecule has 0 saturated carbocycles. The third-order valence-corrected chi connectivity index (χ3v) is 25.3. The molecule has 129 heavy (non-hydrogen) atoms. The first kappa shape index (κ1) is 117. The minimum atomic E-state index is -2.66. The van der Waals surface area contributed by atoms with Crippen LogP contribution in [0.1, 0.15) is 253 Å². The van der Waals surface area contributed by atoms with Crippen LogP contribution in [0.3, 0.4) is 0 Å². The number of hydrogen-bond acceptors (Lipinski definition) is 31. The Balaban J connectivity index is 1.58. The van der Waals surface area contributed by atoms with Gasteiger partial charge in [0, 0.05) is 149 Å². The molecule has 19 N–H and O–H groups in total. The second kappa shape index (κ2) is 67.9. The monoisotopic (exact) mass is 1870 g/mol. The summed E-state index contributed by atoms with van der Waals surface area (Å²) in [4.78, 5) is 140. The number of carbonyl (C=O) groups is 11. The third kappa shape index (κ3) is 51.2. The summed E-state index contributed by atoms with van der Waals surface area (Å²) in [6, 6.07) is -3.28. The van der Waals surface area contributed by atoms with Gasteiger partial charge in [0.1, 0.15) is 84.4 Å². The van der Waals surface area contributed by atoms with Crippen molar-refractivity contribution in [2.45, 2.75) is 356 Å². The Morgan fingerprint density at radius 3 is 0.891 bits per heavy atom. The van der Waals surface area contributed by atoms with Gasteiger partial charge < -0.3 is 146 Å². The number of carbonyl (C=O) groups excluding carboxylic acids is 11. The van der Waals surface area contributed by atoms with Crippen LogP contribution in [0.25, 0.3) is 0 Å². The minimum absolute atomic E-state index is 0.00217.